The molecule has 31 heavy (non-hydrogen) atoms. The molecule has 1 aromatic rings. The molecule has 0 spiro atoms. The first kappa shape index (κ1) is 18.8. The molecule has 5 aliphatic carbocycles. The van der Waals surface area contributed by atoms with Gasteiger partial charge in [0.25, 0.3) is 0 Å². The lowest BCUT2D eigenvalue weighted by Crippen LogP contribution is -2.51. The molecule has 2 atom stereocenters. The molecule has 0 aromatic heterocycles. The molecule has 2 aliphatic heterocycles. The van der Waals surface area contributed by atoms with Crippen molar-refractivity contribution in [3.8, 4) is 0 Å². The third-order valence-corrected chi connectivity index (χ3v) is 9.57. The Morgan fingerprint density at radius 2 is 1.65 bits per heavy atom. The van der Waals surface area contributed by atoms with E-state index in [1.54, 1.807) is 0 Å². The van der Waals surface area contributed by atoms with Crippen LogP contribution in [0.15, 0.2) is 18.2 Å². The second kappa shape index (κ2) is 7.13. The minimum absolute atomic E-state index is 0.0265. The predicted molar refractivity (Wildman–Crippen MR) is 120 cm³/mol. The topological polar surface area (TPSA) is 44.8 Å². The van der Waals surface area contributed by atoms with Gasteiger partial charge < -0.3 is 19.9 Å². The van der Waals surface area contributed by atoms with E-state index in [2.05, 4.69) is 33.3 Å². The zero-order valence-electron chi connectivity index (χ0n) is 18.5. The molecule has 2 heterocycles. The lowest BCUT2D eigenvalue weighted by Gasteiger charge is -2.53. The molecule has 4 saturated carbocycles. The Bertz CT molecular complexity index is 851. The van der Waals surface area contributed by atoms with Gasteiger partial charge in [-0.05, 0) is 97.8 Å². The van der Waals surface area contributed by atoms with Gasteiger partial charge in [0.2, 0.25) is 0 Å². The Morgan fingerprint density at radius 3 is 2.39 bits per heavy atom. The van der Waals surface area contributed by atoms with E-state index in [1.807, 2.05) is 0 Å². The van der Waals surface area contributed by atoms with E-state index in [0.29, 0.717) is 17.8 Å². The number of benzene rings is 1. The van der Waals surface area contributed by atoms with Crippen molar-refractivity contribution in [2.75, 3.05) is 37.6 Å². The fourth-order valence-electron chi connectivity index (χ4n) is 8.36. The Balaban J connectivity index is 1.11. The number of nitrogens with zero attached hydrogens (tertiary/aromatic N) is 2. The average Bonchev–Trinajstić information content (AvgIpc) is 3.07. The van der Waals surface area contributed by atoms with Gasteiger partial charge in [0.15, 0.2) is 0 Å². The van der Waals surface area contributed by atoms with Gasteiger partial charge in [-0.3, -0.25) is 0 Å². The van der Waals surface area contributed by atoms with Crippen LogP contribution in [0.25, 0.3) is 0 Å². The maximum absolute atomic E-state index is 13.5. The number of ether oxygens (including phenoxy) is 1. The van der Waals surface area contributed by atoms with Crippen molar-refractivity contribution in [1.29, 1.82) is 0 Å². The highest BCUT2D eigenvalue weighted by molar-refractivity contribution is 5.70. The Labute approximate surface area is 185 Å². The van der Waals surface area contributed by atoms with E-state index in [4.69, 9.17) is 4.74 Å². The average molecular weight is 422 g/mol. The van der Waals surface area contributed by atoms with Crippen molar-refractivity contribution in [2.24, 2.45) is 23.7 Å². The number of carbonyl (C=O) groups is 1. The SMILES string of the molecule is O=C(OC1C2CC3CC(C2)CC1C3)N1CC[C@H]2CC1c1cc(N3CCNCC3)ccc12. The van der Waals surface area contributed by atoms with Crippen LogP contribution < -0.4 is 10.2 Å². The molecule has 1 amide bonds. The number of piperazine rings is 1. The maximum atomic E-state index is 13.5. The zero-order valence-corrected chi connectivity index (χ0v) is 18.5. The quantitative estimate of drug-likeness (QED) is 0.774. The highest BCUT2D eigenvalue weighted by atomic mass is 16.6. The summed E-state index contributed by atoms with van der Waals surface area (Å²) in [4.78, 5) is 18.0. The van der Waals surface area contributed by atoms with Crippen molar-refractivity contribution in [3.63, 3.8) is 0 Å². The highest BCUT2D eigenvalue weighted by Gasteiger charge is 2.51. The number of anilines is 1. The van der Waals surface area contributed by atoms with Gasteiger partial charge >= 0.3 is 6.09 Å². The number of hydrogen-bond donors (Lipinski definition) is 1. The van der Waals surface area contributed by atoms with E-state index in [-0.39, 0.29) is 18.2 Å². The fraction of sp³-hybridized carbons (Fsp3) is 0.731. The van der Waals surface area contributed by atoms with Crippen LogP contribution >= 0.6 is 0 Å². The number of nitrogens with one attached hydrogen (secondary N) is 1. The van der Waals surface area contributed by atoms with E-state index < -0.39 is 0 Å². The molecule has 7 aliphatic rings. The van der Waals surface area contributed by atoms with Crippen LogP contribution in [-0.2, 0) is 4.74 Å². The molecule has 1 N–H and O–H groups in total. The zero-order chi connectivity index (χ0) is 20.5. The van der Waals surface area contributed by atoms with Gasteiger partial charge in [-0.15, -0.1) is 0 Å². The van der Waals surface area contributed by atoms with Crippen molar-refractivity contribution in [2.45, 2.75) is 63.0 Å². The summed E-state index contributed by atoms with van der Waals surface area (Å²) in [5.74, 6) is 3.71. The summed E-state index contributed by atoms with van der Waals surface area (Å²) in [5.41, 5.74) is 4.19. The molecule has 5 heteroatoms. The molecule has 8 rings (SSSR count). The summed E-state index contributed by atoms with van der Waals surface area (Å²) in [6.07, 6.45) is 8.95. The number of hydrogen-bond acceptors (Lipinski definition) is 4. The summed E-state index contributed by atoms with van der Waals surface area (Å²) < 4.78 is 6.35. The fourth-order valence-corrected chi connectivity index (χ4v) is 8.36. The van der Waals surface area contributed by atoms with Crippen molar-refractivity contribution >= 4 is 11.8 Å². The van der Waals surface area contributed by atoms with Crippen molar-refractivity contribution in [1.82, 2.24) is 10.2 Å². The third-order valence-electron chi connectivity index (χ3n) is 9.57. The summed E-state index contributed by atoms with van der Waals surface area (Å²) in [7, 11) is 0. The lowest BCUT2D eigenvalue weighted by atomic mass is 9.55. The number of fused-ring (bicyclic) bond motifs is 5. The second-order valence-electron chi connectivity index (χ2n) is 11.3. The first-order chi connectivity index (χ1) is 15.2. The number of rotatable bonds is 2. The smallest absolute Gasteiger partial charge is 0.410 e. The third kappa shape index (κ3) is 3.02. The molecule has 2 saturated heterocycles. The molecule has 6 fully saturated rings. The van der Waals surface area contributed by atoms with Crippen LogP contribution in [-0.4, -0.2) is 49.8 Å². The van der Waals surface area contributed by atoms with E-state index >= 15 is 0 Å². The Morgan fingerprint density at radius 1 is 0.903 bits per heavy atom. The van der Waals surface area contributed by atoms with E-state index in [0.717, 1.165) is 57.4 Å². The van der Waals surface area contributed by atoms with Gasteiger partial charge in [-0.25, -0.2) is 4.79 Å². The van der Waals surface area contributed by atoms with Crippen LogP contribution in [0.1, 0.15) is 68.0 Å². The van der Waals surface area contributed by atoms with Gasteiger partial charge in [0, 0.05) is 38.4 Å². The second-order valence-corrected chi connectivity index (χ2v) is 11.3. The lowest BCUT2D eigenvalue weighted by molar-refractivity contribution is -0.105. The summed E-state index contributed by atoms with van der Waals surface area (Å²) >= 11 is 0. The standard InChI is InChI=1S/C26H35N3O2/c30-26(31-25-19-10-16-9-17(12-19)13-20(25)11-16)29-6-3-18-14-24(29)23-15-21(1-2-22(18)23)28-7-4-27-5-8-28/h1-2,15-20,24-25,27H,3-14H2/t16?,17?,18-,19?,20?,24?,25?/m0/s1. The van der Waals surface area contributed by atoms with Crippen LogP contribution in [0.3, 0.4) is 0 Å². The maximum Gasteiger partial charge on any atom is 0.410 e. The van der Waals surface area contributed by atoms with Gasteiger partial charge in [-0.2, -0.15) is 0 Å². The molecule has 166 valence electrons. The number of carbonyl (C=O) groups excluding carboxylic acids is 1. The first-order valence-electron chi connectivity index (χ1n) is 12.8. The van der Waals surface area contributed by atoms with Crippen molar-refractivity contribution < 1.29 is 9.53 Å². The number of piperidine rings is 1. The largest absolute Gasteiger partial charge is 0.445 e. The van der Waals surface area contributed by atoms with Crippen LogP contribution in [0.4, 0.5) is 10.5 Å². The van der Waals surface area contributed by atoms with Crippen LogP contribution in [0.5, 0.6) is 0 Å². The number of amides is 1. The van der Waals surface area contributed by atoms with Crippen LogP contribution in [0.2, 0.25) is 0 Å². The number of likely N-dealkylation sites (tertiary alicyclic amines) is 1. The molecular weight excluding hydrogens is 386 g/mol. The molecule has 5 nitrogen and oxygen atoms in total. The molecule has 6 bridgehead atoms. The minimum Gasteiger partial charge on any atom is -0.445 e. The molecule has 1 aromatic carbocycles. The van der Waals surface area contributed by atoms with E-state index in [9.17, 15) is 4.79 Å². The summed E-state index contributed by atoms with van der Waals surface area (Å²) in [6, 6.07) is 7.26. The summed E-state index contributed by atoms with van der Waals surface area (Å²) in [6.45, 7) is 5.06. The normalized spacial score (nSPS) is 40.2. The Hall–Kier alpha value is -1.75. The van der Waals surface area contributed by atoms with Gasteiger partial charge in [-0.1, -0.05) is 6.07 Å². The molecular formula is C26H35N3O2. The van der Waals surface area contributed by atoms with Gasteiger partial charge in [0.1, 0.15) is 6.10 Å². The highest BCUT2D eigenvalue weighted by Crippen LogP contribution is 2.55. The predicted octanol–water partition coefficient (Wildman–Crippen LogP) is 4.29. The van der Waals surface area contributed by atoms with Crippen molar-refractivity contribution in [3.05, 3.63) is 29.3 Å². The molecule has 0 radical (unpaired) electrons. The summed E-state index contributed by atoms with van der Waals surface area (Å²) in [5, 5.41) is 3.45. The van der Waals surface area contributed by atoms with E-state index in [1.165, 1.54) is 48.9 Å². The monoisotopic (exact) mass is 421 g/mol. The minimum atomic E-state index is -0.0265. The first-order valence-corrected chi connectivity index (χ1v) is 12.8. The van der Waals surface area contributed by atoms with Crippen LogP contribution in [0, 0.1) is 23.7 Å². The van der Waals surface area contributed by atoms with Gasteiger partial charge in [0.05, 0.1) is 6.04 Å². The Kier molecular flexibility index (Phi) is 4.32. The molecule has 1 unspecified atom stereocenters.